The minimum Gasteiger partial charge on any atom is -0.490 e. The van der Waals surface area contributed by atoms with Crippen LogP contribution in [0.25, 0.3) is 22.6 Å². The number of allylic oxidation sites excluding steroid dienone is 1. The van der Waals surface area contributed by atoms with Crippen molar-refractivity contribution in [3.05, 3.63) is 76.5 Å². The van der Waals surface area contributed by atoms with E-state index in [1.807, 2.05) is 6.08 Å². The van der Waals surface area contributed by atoms with E-state index in [1.54, 1.807) is 42.5 Å². The number of carbonyl (C=O) groups is 1. The van der Waals surface area contributed by atoms with Gasteiger partial charge in [-0.1, -0.05) is 44.4 Å². The predicted octanol–water partition coefficient (Wildman–Crippen LogP) is 5.13. The average Bonchev–Trinajstić information content (AvgIpc) is 3.42. The number of para-hydroxylation sites is 1. The first-order valence-electron chi connectivity index (χ1n) is 11.7. The SMILES string of the molecule is CCCCCC/C=C/COc1ccc(C(=O)Nc2cccc3c(=O)cc(-c4nn[nH]n4)oc23)cc1. The van der Waals surface area contributed by atoms with Gasteiger partial charge in [-0.25, -0.2) is 0 Å². The number of aromatic amines is 1. The van der Waals surface area contributed by atoms with Crippen LogP contribution in [0.15, 0.2) is 69.9 Å². The summed E-state index contributed by atoms with van der Waals surface area (Å²) in [5, 5.41) is 16.6. The molecule has 4 aromatic rings. The third kappa shape index (κ3) is 6.20. The van der Waals surface area contributed by atoms with Gasteiger partial charge in [-0.15, -0.1) is 10.2 Å². The molecule has 0 unspecified atom stereocenters. The van der Waals surface area contributed by atoms with E-state index in [0.717, 1.165) is 6.42 Å². The molecule has 35 heavy (non-hydrogen) atoms. The molecule has 9 nitrogen and oxygen atoms in total. The number of hydrogen-bond donors (Lipinski definition) is 2. The number of tetrazole rings is 1. The number of fused-ring (bicyclic) bond motifs is 1. The topological polar surface area (TPSA) is 123 Å². The molecule has 4 rings (SSSR count). The zero-order valence-corrected chi connectivity index (χ0v) is 19.5. The summed E-state index contributed by atoms with van der Waals surface area (Å²) >= 11 is 0. The molecule has 180 valence electrons. The molecule has 0 saturated heterocycles. The van der Waals surface area contributed by atoms with Crippen molar-refractivity contribution < 1.29 is 13.9 Å². The number of aromatic nitrogens is 4. The molecule has 0 aliphatic rings. The molecule has 0 spiro atoms. The maximum Gasteiger partial charge on any atom is 0.255 e. The molecule has 0 aliphatic heterocycles. The molecular formula is C26H27N5O4. The van der Waals surface area contributed by atoms with Crippen LogP contribution in [0.1, 0.15) is 49.4 Å². The molecule has 2 aromatic carbocycles. The van der Waals surface area contributed by atoms with Crippen LogP contribution < -0.4 is 15.5 Å². The van der Waals surface area contributed by atoms with Crippen molar-refractivity contribution in [3.63, 3.8) is 0 Å². The van der Waals surface area contributed by atoms with E-state index in [9.17, 15) is 9.59 Å². The average molecular weight is 474 g/mol. The summed E-state index contributed by atoms with van der Waals surface area (Å²) in [7, 11) is 0. The number of hydrogen-bond acceptors (Lipinski definition) is 7. The smallest absolute Gasteiger partial charge is 0.255 e. The largest absolute Gasteiger partial charge is 0.490 e. The van der Waals surface area contributed by atoms with Crippen molar-refractivity contribution in [2.24, 2.45) is 0 Å². The molecule has 2 aromatic heterocycles. The molecule has 0 aliphatic carbocycles. The third-order valence-corrected chi connectivity index (χ3v) is 5.42. The molecule has 0 fully saturated rings. The lowest BCUT2D eigenvalue weighted by Gasteiger charge is -2.09. The number of nitrogens with zero attached hydrogens (tertiary/aromatic N) is 3. The molecule has 9 heteroatoms. The van der Waals surface area contributed by atoms with Gasteiger partial charge in [0.05, 0.1) is 11.1 Å². The summed E-state index contributed by atoms with van der Waals surface area (Å²) in [4.78, 5) is 25.4. The summed E-state index contributed by atoms with van der Waals surface area (Å²) in [6, 6.07) is 13.1. The highest BCUT2D eigenvalue weighted by Gasteiger charge is 2.15. The highest BCUT2D eigenvalue weighted by Crippen LogP contribution is 2.26. The fourth-order valence-electron chi connectivity index (χ4n) is 3.57. The monoisotopic (exact) mass is 473 g/mol. The minimum atomic E-state index is -0.344. The molecular weight excluding hydrogens is 446 g/mol. The third-order valence-electron chi connectivity index (χ3n) is 5.42. The summed E-state index contributed by atoms with van der Waals surface area (Å²) < 4.78 is 11.6. The second kappa shape index (κ2) is 11.7. The van der Waals surface area contributed by atoms with Crippen LogP contribution in [-0.4, -0.2) is 33.1 Å². The zero-order chi connectivity index (χ0) is 24.5. The van der Waals surface area contributed by atoms with E-state index in [1.165, 1.54) is 31.7 Å². The Kier molecular flexibility index (Phi) is 8.00. The Morgan fingerprint density at radius 3 is 2.74 bits per heavy atom. The van der Waals surface area contributed by atoms with E-state index < -0.39 is 0 Å². The maximum atomic E-state index is 12.9. The van der Waals surface area contributed by atoms with Crippen LogP contribution in [-0.2, 0) is 0 Å². The van der Waals surface area contributed by atoms with Gasteiger partial charge in [0.2, 0.25) is 5.82 Å². The highest BCUT2D eigenvalue weighted by molar-refractivity contribution is 6.08. The molecule has 1 amide bonds. The highest BCUT2D eigenvalue weighted by atomic mass is 16.5. The van der Waals surface area contributed by atoms with E-state index in [0.29, 0.717) is 29.0 Å². The van der Waals surface area contributed by atoms with Crippen molar-refractivity contribution in [3.8, 4) is 17.3 Å². The van der Waals surface area contributed by atoms with Crippen LogP contribution >= 0.6 is 0 Å². The van der Waals surface area contributed by atoms with Crippen molar-refractivity contribution in [2.75, 3.05) is 11.9 Å². The van der Waals surface area contributed by atoms with Gasteiger partial charge in [-0.2, -0.15) is 5.21 Å². The van der Waals surface area contributed by atoms with Crippen LogP contribution in [0, 0.1) is 0 Å². The first-order valence-corrected chi connectivity index (χ1v) is 11.7. The summed E-state index contributed by atoms with van der Waals surface area (Å²) in [5.74, 6) is 0.628. The summed E-state index contributed by atoms with van der Waals surface area (Å²) in [6.07, 6.45) is 10.2. The van der Waals surface area contributed by atoms with Crippen molar-refractivity contribution in [1.82, 2.24) is 20.6 Å². The second-order valence-electron chi connectivity index (χ2n) is 8.00. The zero-order valence-electron chi connectivity index (χ0n) is 19.5. The lowest BCUT2D eigenvalue weighted by Crippen LogP contribution is -2.13. The number of amides is 1. The normalized spacial score (nSPS) is 11.2. The lowest BCUT2D eigenvalue weighted by atomic mass is 10.1. The molecule has 0 radical (unpaired) electrons. The van der Waals surface area contributed by atoms with E-state index in [-0.39, 0.29) is 28.5 Å². The number of carbonyl (C=O) groups excluding carboxylic acids is 1. The van der Waals surface area contributed by atoms with Crippen LogP contribution in [0.4, 0.5) is 5.69 Å². The summed E-state index contributed by atoms with van der Waals surface area (Å²) in [6.45, 7) is 2.69. The predicted molar refractivity (Wildman–Crippen MR) is 133 cm³/mol. The number of H-pyrrole nitrogens is 1. The van der Waals surface area contributed by atoms with Crippen LogP contribution in [0.5, 0.6) is 5.75 Å². The Balaban J connectivity index is 1.40. The quantitative estimate of drug-likeness (QED) is 0.229. The number of anilines is 1. The van der Waals surface area contributed by atoms with E-state index in [4.69, 9.17) is 9.15 Å². The van der Waals surface area contributed by atoms with Gasteiger partial charge in [0.15, 0.2) is 16.8 Å². The van der Waals surface area contributed by atoms with Crippen LogP contribution in [0.2, 0.25) is 0 Å². The Bertz CT molecular complexity index is 1340. The number of ether oxygens (including phenoxy) is 1. The fourth-order valence-corrected chi connectivity index (χ4v) is 3.57. The minimum absolute atomic E-state index is 0.145. The van der Waals surface area contributed by atoms with Gasteiger partial charge < -0.3 is 14.5 Å². The fraction of sp³-hybridized carbons (Fsp3) is 0.269. The molecule has 2 N–H and O–H groups in total. The van der Waals surface area contributed by atoms with Crippen molar-refractivity contribution in [2.45, 2.75) is 39.0 Å². The van der Waals surface area contributed by atoms with Gasteiger partial charge in [-0.05, 0) is 54.5 Å². The van der Waals surface area contributed by atoms with Gasteiger partial charge >= 0.3 is 0 Å². The Morgan fingerprint density at radius 1 is 1.11 bits per heavy atom. The number of nitrogens with one attached hydrogen (secondary N) is 2. The van der Waals surface area contributed by atoms with E-state index >= 15 is 0 Å². The first-order chi connectivity index (χ1) is 17.2. The molecule has 0 bridgehead atoms. The summed E-state index contributed by atoms with van der Waals surface area (Å²) in [5.41, 5.74) is 0.755. The second-order valence-corrected chi connectivity index (χ2v) is 8.00. The molecule has 2 heterocycles. The van der Waals surface area contributed by atoms with Crippen molar-refractivity contribution >= 4 is 22.6 Å². The van der Waals surface area contributed by atoms with Crippen LogP contribution in [0.3, 0.4) is 0 Å². The number of rotatable bonds is 11. The van der Waals surface area contributed by atoms with Gasteiger partial charge in [-0.3, -0.25) is 9.59 Å². The van der Waals surface area contributed by atoms with E-state index in [2.05, 4.69) is 38.9 Å². The lowest BCUT2D eigenvalue weighted by molar-refractivity contribution is 0.102. The van der Waals surface area contributed by atoms with Gasteiger partial charge in [0.1, 0.15) is 12.4 Å². The Hall–Kier alpha value is -4.27. The van der Waals surface area contributed by atoms with Gasteiger partial charge in [0, 0.05) is 11.6 Å². The van der Waals surface area contributed by atoms with Crippen molar-refractivity contribution in [1.29, 1.82) is 0 Å². The standard InChI is InChI=1S/C26H27N5O4/c1-2-3-4-5-6-7-8-16-34-19-14-12-18(13-15-19)26(33)27-21-11-9-10-20-22(32)17-23(35-24(20)21)25-28-30-31-29-25/h7-15,17H,2-6,16H2,1H3,(H,27,33)(H,28,29,30,31)/b8-7+. The molecule has 0 atom stereocenters. The Labute approximate surface area is 202 Å². The number of benzene rings is 2. The maximum absolute atomic E-state index is 12.9. The molecule has 0 saturated carbocycles. The van der Waals surface area contributed by atoms with Gasteiger partial charge in [0.25, 0.3) is 5.91 Å². The first kappa shape index (κ1) is 23.9. The Morgan fingerprint density at radius 2 is 1.97 bits per heavy atom. The number of unbranched alkanes of at least 4 members (excludes halogenated alkanes) is 4.